The van der Waals surface area contributed by atoms with Crippen molar-refractivity contribution in [2.24, 2.45) is 11.5 Å². The van der Waals surface area contributed by atoms with Crippen molar-refractivity contribution in [3.8, 4) is 6.19 Å². The zero-order valence-corrected chi connectivity index (χ0v) is 5.41. The molecule has 0 bridgehead atoms. The van der Waals surface area contributed by atoms with Crippen LogP contribution in [0.25, 0.3) is 0 Å². The standard InChI is InChI=1S/C5H9N5/c1-2-4(7)10(3-6)5(8)9/h2,4H,1,7H2,(H3,8,9). The largest absolute Gasteiger partial charge is 0.369 e. The summed E-state index contributed by atoms with van der Waals surface area (Å²) in [5.74, 6) is -0.380. The molecule has 0 aliphatic carbocycles. The molecule has 0 spiro atoms. The van der Waals surface area contributed by atoms with Gasteiger partial charge in [-0.3, -0.25) is 5.41 Å². The van der Waals surface area contributed by atoms with Crippen molar-refractivity contribution in [2.75, 3.05) is 0 Å². The third-order valence-corrected chi connectivity index (χ3v) is 0.907. The molecule has 5 heteroatoms. The van der Waals surface area contributed by atoms with Gasteiger partial charge >= 0.3 is 0 Å². The topological polar surface area (TPSA) is 103 Å². The van der Waals surface area contributed by atoms with Crippen molar-refractivity contribution < 1.29 is 0 Å². The van der Waals surface area contributed by atoms with E-state index in [0.717, 1.165) is 4.90 Å². The maximum absolute atomic E-state index is 8.33. The summed E-state index contributed by atoms with van der Waals surface area (Å²) in [5.41, 5.74) is 10.3. The van der Waals surface area contributed by atoms with Gasteiger partial charge in [-0.05, 0) is 0 Å². The maximum atomic E-state index is 8.33. The lowest BCUT2D eigenvalue weighted by molar-refractivity contribution is 0.489. The summed E-state index contributed by atoms with van der Waals surface area (Å²) in [6.45, 7) is 3.34. The van der Waals surface area contributed by atoms with Gasteiger partial charge in [0.25, 0.3) is 0 Å². The average Bonchev–Trinajstić information content (AvgIpc) is 1.88. The Morgan fingerprint density at radius 1 is 1.90 bits per heavy atom. The number of nitriles is 1. The lowest BCUT2D eigenvalue weighted by Gasteiger charge is -2.16. The summed E-state index contributed by atoms with van der Waals surface area (Å²) in [4.78, 5) is 0.840. The molecule has 0 radical (unpaired) electrons. The molecule has 0 fully saturated rings. The van der Waals surface area contributed by atoms with E-state index in [1.54, 1.807) is 6.19 Å². The first-order valence-electron chi connectivity index (χ1n) is 2.54. The number of rotatable bonds is 2. The van der Waals surface area contributed by atoms with Gasteiger partial charge in [-0.25, -0.2) is 4.90 Å². The molecule has 0 aromatic carbocycles. The average molecular weight is 139 g/mol. The minimum atomic E-state index is -0.706. The summed E-state index contributed by atoms with van der Waals surface area (Å²) >= 11 is 0. The van der Waals surface area contributed by atoms with Crippen LogP contribution < -0.4 is 11.5 Å². The fraction of sp³-hybridized carbons (Fsp3) is 0.200. The molecule has 0 aliphatic rings. The Bertz CT molecular complexity index is 179. The molecule has 5 nitrogen and oxygen atoms in total. The molecule has 0 aromatic heterocycles. The number of guanidine groups is 1. The van der Waals surface area contributed by atoms with Crippen molar-refractivity contribution >= 4 is 5.96 Å². The van der Waals surface area contributed by atoms with Crippen LogP contribution in [0.4, 0.5) is 0 Å². The van der Waals surface area contributed by atoms with Gasteiger partial charge < -0.3 is 11.5 Å². The van der Waals surface area contributed by atoms with Crippen LogP contribution in [-0.2, 0) is 0 Å². The van der Waals surface area contributed by atoms with Crippen molar-refractivity contribution in [3.63, 3.8) is 0 Å². The van der Waals surface area contributed by atoms with Crippen LogP contribution in [0.5, 0.6) is 0 Å². The zero-order valence-electron chi connectivity index (χ0n) is 5.41. The summed E-state index contributed by atoms with van der Waals surface area (Å²) in [5, 5.41) is 15.2. The van der Waals surface area contributed by atoms with E-state index in [1.165, 1.54) is 6.08 Å². The van der Waals surface area contributed by atoms with E-state index in [9.17, 15) is 0 Å². The van der Waals surface area contributed by atoms with Crippen molar-refractivity contribution in [1.82, 2.24) is 4.90 Å². The highest BCUT2D eigenvalue weighted by Crippen LogP contribution is 1.88. The number of nitrogens with zero attached hydrogens (tertiary/aromatic N) is 2. The lowest BCUT2D eigenvalue weighted by atomic mass is 10.4. The van der Waals surface area contributed by atoms with Gasteiger partial charge in [0.2, 0.25) is 5.96 Å². The molecule has 5 N–H and O–H groups in total. The maximum Gasteiger partial charge on any atom is 0.203 e. The summed E-state index contributed by atoms with van der Waals surface area (Å²) in [7, 11) is 0. The third-order valence-electron chi connectivity index (χ3n) is 0.907. The van der Waals surface area contributed by atoms with Crippen LogP contribution in [0, 0.1) is 16.9 Å². The molecule has 0 rings (SSSR count). The van der Waals surface area contributed by atoms with Gasteiger partial charge in [0.1, 0.15) is 6.17 Å². The molecule has 0 saturated heterocycles. The first-order valence-corrected chi connectivity index (χ1v) is 2.54. The predicted octanol–water partition coefficient (Wildman–Crippen LogP) is -0.866. The smallest absolute Gasteiger partial charge is 0.203 e. The highest BCUT2D eigenvalue weighted by Gasteiger charge is 2.10. The number of nitrogens with two attached hydrogens (primary N) is 2. The van der Waals surface area contributed by atoms with Crippen LogP contribution in [0.1, 0.15) is 0 Å². The van der Waals surface area contributed by atoms with E-state index >= 15 is 0 Å². The Labute approximate surface area is 59.0 Å². The van der Waals surface area contributed by atoms with E-state index in [0.29, 0.717) is 0 Å². The Morgan fingerprint density at radius 3 is 2.50 bits per heavy atom. The number of hydrogen-bond donors (Lipinski definition) is 3. The second kappa shape index (κ2) is 3.48. The van der Waals surface area contributed by atoms with Crippen LogP contribution >= 0.6 is 0 Å². The molecule has 1 unspecified atom stereocenters. The predicted molar refractivity (Wildman–Crippen MR) is 37.5 cm³/mol. The summed E-state index contributed by atoms with van der Waals surface area (Å²) < 4.78 is 0. The molecule has 0 amide bonds. The van der Waals surface area contributed by atoms with Crippen molar-refractivity contribution in [2.45, 2.75) is 6.17 Å². The first kappa shape index (κ1) is 8.46. The highest BCUT2D eigenvalue weighted by atomic mass is 15.3. The normalized spacial score (nSPS) is 11.2. The minimum Gasteiger partial charge on any atom is -0.369 e. The van der Waals surface area contributed by atoms with E-state index < -0.39 is 6.17 Å². The second-order valence-corrected chi connectivity index (χ2v) is 1.58. The summed E-state index contributed by atoms with van der Waals surface area (Å²) in [6.07, 6.45) is 2.26. The second-order valence-electron chi connectivity index (χ2n) is 1.58. The van der Waals surface area contributed by atoms with Crippen LogP contribution in [0.15, 0.2) is 12.7 Å². The van der Waals surface area contributed by atoms with Crippen molar-refractivity contribution in [1.29, 1.82) is 10.7 Å². The Hall–Kier alpha value is -1.54. The van der Waals surface area contributed by atoms with Gasteiger partial charge in [0.15, 0.2) is 6.19 Å². The van der Waals surface area contributed by atoms with Gasteiger partial charge in [-0.2, -0.15) is 5.26 Å². The van der Waals surface area contributed by atoms with Crippen LogP contribution in [0.3, 0.4) is 0 Å². The zero-order chi connectivity index (χ0) is 8.15. The molecule has 0 aromatic rings. The summed E-state index contributed by atoms with van der Waals surface area (Å²) in [6, 6.07) is 0. The minimum absolute atomic E-state index is 0.380. The highest BCUT2D eigenvalue weighted by molar-refractivity contribution is 5.76. The molecule has 0 aliphatic heterocycles. The Balaban J connectivity index is 4.23. The van der Waals surface area contributed by atoms with E-state index in [4.69, 9.17) is 22.1 Å². The quantitative estimate of drug-likeness (QED) is 0.115. The Morgan fingerprint density at radius 2 is 2.40 bits per heavy atom. The third kappa shape index (κ3) is 1.76. The fourth-order valence-electron chi connectivity index (χ4n) is 0.387. The van der Waals surface area contributed by atoms with Crippen LogP contribution in [-0.4, -0.2) is 17.0 Å². The van der Waals surface area contributed by atoms with Crippen molar-refractivity contribution in [3.05, 3.63) is 12.7 Å². The van der Waals surface area contributed by atoms with Gasteiger partial charge in [0.05, 0.1) is 0 Å². The molecule has 10 heavy (non-hydrogen) atoms. The van der Waals surface area contributed by atoms with Gasteiger partial charge in [-0.15, -0.1) is 0 Å². The van der Waals surface area contributed by atoms with E-state index in [-0.39, 0.29) is 5.96 Å². The molecular formula is C5H9N5. The monoisotopic (exact) mass is 139 g/mol. The van der Waals surface area contributed by atoms with Gasteiger partial charge in [-0.1, -0.05) is 12.7 Å². The SMILES string of the molecule is C=CC(N)N(C#N)C(=N)N. The molecule has 54 valence electrons. The molecule has 1 atom stereocenters. The molecule has 0 heterocycles. The number of nitrogens with one attached hydrogen (secondary N) is 1. The lowest BCUT2D eigenvalue weighted by Crippen LogP contribution is -2.44. The first-order chi connectivity index (χ1) is 4.63. The Kier molecular flexibility index (Phi) is 2.94. The van der Waals surface area contributed by atoms with E-state index in [2.05, 4.69) is 6.58 Å². The molecule has 0 saturated carbocycles. The van der Waals surface area contributed by atoms with E-state index in [1.807, 2.05) is 0 Å². The number of hydrogen-bond acceptors (Lipinski definition) is 3. The fourth-order valence-corrected chi connectivity index (χ4v) is 0.387. The molecular weight excluding hydrogens is 130 g/mol. The van der Waals surface area contributed by atoms with Crippen LogP contribution in [0.2, 0.25) is 0 Å². The van der Waals surface area contributed by atoms with Gasteiger partial charge in [0, 0.05) is 0 Å².